The normalized spacial score (nSPS) is 20.1. The molecular weight excluding hydrogens is 330 g/mol. The van der Waals surface area contributed by atoms with Crippen molar-refractivity contribution in [2.45, 2.75) is 13.8 Å². The van der Waals surface area contributed by atoms with Crippen LogP contribution >= 0.6 is 0 Å². The fraction of sp³-hybridized carbons (Fsp3) is 0.353. The van der Waals surface area contributed by atoms with E-state index in [1.807, 2.05) is 6.92 Å². The van der Waals surface area contributed by atoms with Gasteiger partial charge in [0.25, 0.3) is 5.91 Å². The largest absolute Gasteiger partial charge is 0.369 e. The molecule has 2 heterocycles. The van der Waals surface area contributed by atoms with Crippen molar-refractivity contribution in [2.75, 3.05) is 13.1 Å². The lowest BCUT2D eigenvalue weighted by Crippen LogP contribution is -2.32. The molecule has 2 aromatic rings. The summed E-state index contributed by atoms with van der Waals surface area (Å²) in [5, 5.41) is 4.07. The minimum absolute atomic E-state index is 0.0483. The SMILES string of the molecule is Cc1cn(-c2c(F)cccc2F)nc1C(=O)N1C[C@@H](C)[C@H](C(N)=O)C1. The first-order valence-corrected chi connectivity index (χ1v) is 7.88. The van der Waals surface area contributed by atoms with Crippen LogP contribution in [0.2, 0.25) is 0 Å². The van der Waals surface area contributed by atoms with Gasteiger partial charge in [-0.3, -0.25) is 9.59 Å². The van der Waals surface area contributed by atoms with Gasteiger partial charge in [-0.15, -0.1) is 0 Å². The van der Waals surface area contributed by atoms with Crippen LogP contribution in [0.4, 0.5) is 8.78 Å². The van der Waals surface area contributed by atoms with Gasteiger partial charge in [-0.1, -0.05) is 13.0 Å². The number of benzene rings is 1. The van der Waals surface area contributed by atoms with Gasteiger partial charge in [0.1, 0.15) is 5.69 Å². The molecule has 1 aliphatic rings. The summed E-state index contributed by atoms with van der Waals surface area (Å²) in [7, 11) is 0. The van der Waals surface area contributed by atoms with E-state index in [1.165, 1.54) is 17.2 Å². The monoisotopic (exact) mass is 348 g/mol. The fourth-order valence-electron chi connectivity index (χ4n) is 3.15. The van der Waals surface area contributed by atoms with E-state index >= 15 is 0 Å². The molecule has 0 spiro atoms. The summed E-state index contributed by atoms with van der Waals surface area (Å²) < 4.78 is 28.9. The maximum absolute atomic E-state index is 13.9. The number of para-hydroxylation sites is 1. The van der Waals surface area contributed by atoms with Crippen molar-refractivity contribution in [3.63, 3.8) is 0 Å². The summed E-state index contributed by atoms with van der Waals surface area (Å²) in [6.07, 6.45) is 1.40. The van der Waals surface area contributed by atoms with Crippen molar-refractivity contribution in [2.24, 2.45) is 17.6 Å². The van der Waals surface area contributed by atoms with Gasteiger partial charge < -0.3 is 10.6 Å². The van der Waals surface area contributed by atoms with E-state index in [0.717, 1.165) is 16.8 Å². The molecule has 2 N–H and O–H groups in total. The molecular formula is C17H18F2N4O2. The van der Waals surface area contributed by atoms with Crippen molar-refractivity contribution >= 4 is 11.8 Å². The summed E-state index contributed by atoms with van der Waals surface area (Å²) in [6, 6.07) is 3.50. The topological polar surface area (TPSA) is 81.2 Å². The van der Waals surface area contributed by atoms with Crippen LogP contribution < -0.4 is 5.73 Å². The van der Waals surface area contributed by atoms with Crippen LogP contribution in [-0.2, 0) is 4.79 Å². The molecule has 0 aliphatic carbocycles. The Morgan fingerprint density at radius 2 is 1.88 bits per heavy atom. The second-order valence-corrected chi connectivity index (χ2v) is 6.37. The minimum atomic E-state index is -0.773. The van der Waals surface area contributed by atoms with Gasteiger partial charge in [0.2, 0.25) is 5.91 Å². The first-order valence-electron chi connectivity index (χ1n) is 7.88. The molecule has 0 bridgehead atoms. The molecule has 6 nitrogen and oxygen atoms in total. The molecule has 2 amide bonds. The van der Waals surface area contributed by atoms with Crippen LogP contribution in [0.15, 0.2) is 24.4 Å². The van der Waals surface area contributed by atoms with Gasteiger partial charge in [0.15, 0.2) is 17.3 Å². The number of hydrogen-bond donors (Lipinski definition) is 1. The standard InChI is InChI=1S/C17H18F2N4O2/c1-9-6-22(8-11(9)16(20)24)17(25)14-10(2)7-23(21-14)15-12(18)4-3-5-13(15)19/h3-5,7,9,11H,6,8H2,1-2H3,(H2,20,24)/t9-,11-/m1/s1. The number of hydrogen-bond acceptors (Lipinski definition) is 3. The minimum Gasteiger partial charge on any atom is -0.369 e. The van der Waals surface area contributed by atoms with E-state index in [4.69, 9.17) is 5.73 Å². The third-order valence-electron chi connectivity index (χ3n) is 4.53. The number of rotatable bonds is 3. The number of primary amides is 1. The third kappa shape index (κ3) is 2.99. The Morgan fingerprint density at radius 3 is 2.44 bits per heavy atom. The quantitative estimate of drug-likeness (QED) is 0.916. The number of carbonyl (C=O) groups is 2. The molecule has 1 aromatic carbocycles. The highest BCUT2D eigenvalue weighted by Crippen LogP contribution is 2.25. The van der Waals surface area contributed by atoms with Crippen molar-refractivity contribution in [3.8, 4) is 5.69 Å². The number of aromatic nitrogens is 2. The predicted octanol–water partition coefficient (Wildman–Crippen LogP) is 1.65. The Kier molecular flexibility index (Phi) is 4.28. The highest BCUT2D eigenvalue weighted by atomic mass is 19.1. The Bertz CT molecular complexity index is 829. The number of nitrogens with two attached hydrogens (primary N) is 1. The molecule has 1 aromatic heterocycles. The van der Waals surface area contributed by atoms with E-state index in [2.05, 4.69) is 5.10 Å². The number of likely N-dealkylation sites (tertiary alicyclic amines) is 1. The van der Waals surface area contributed by atoms with Gasteiger partial charge in [-0.25, -0.2) is 13.5 Å². The zero-order valence-corrected chi connectivity index (χ0v) is 13.9. The lowest BCUT2D eigenvalue weighted by molar-refractivity contribution is -0.122. The molecule has 0 saturated carbocycles. The maximum Gasteiger partial charge on any atom is 0.274 e. The van der Waals surface area contributed by atoms with Crippen molar-refractivity contribution in [1.29, 1.82) is 0 Å². The van der Waals surface area contributed by atoms with Crippen molar-refractivity contribution in [3.05, 3.63) is 47.3 Å². The summed E-state index contributed by atoms with van der Waals surface area (Å²) in [5.74, 6) is -2.83. The first-order chi connectivity index (χ1) is 11.8. The van der Waals surface area contributed by atoms with E-state index < -0.39 is 23.5 Å². The molecule has 1 aliphatic heterocycles. The Balaban J connectivity index is 1.91. The lowest BCUT2D eigenvalue weighted by Gasteiger charge is -2.14. The van der Waals surface area contributed by atoms with Gasteiger partial charge in [-0.2, -0.15) is 5.10 Å². The Morgan fingerprint density at radius 1 is 1.24 bits per heavy atom. The smallest absolute Gasteiger partial charge is 0.274 e. The summed E-state index contributed by atoms with van der Waals surface area (Å²) in [4.78, 5) is 25.6. The zero-order chi connectivity index (χ0) is 18.3. The summed E-state index contributed by atoms with van der Waals surface area (Å²) >= 11 is 0. The molecule has 0 radical (unpaired) electrons. The maximum atomic E-state index is 13.9. The Hall–Kier alpha value is -2.77. The molecule has 132 valence electrons. The van der Waals surface area contributed by atoms with E-state index in [1.54, 1.807) is 6.92 Å². The Labute approximate surface area is 143 Å². The van der Waals surface area contributed by atoms with Crippen LogP contribution in [0.25, 0.3) is 5.69 Å². The van der Waals surface area contributed by atoms with Crippen molar-refractivity contribution < 1.29 is 18.4 Å². The van der Waals surface area contributed by atoms with Gasteiger partial charge in [0.05, 0.1) is 5.92 Å². The fourth-order valence-corrected chi connectivity index (χ4v) is 3.15. The predicted molar refractivity (Wildman–Crippen MR) is 86.0 cm³/mol. The summed E-state index contributed by atoms with van der Waals surface area (Å²) in [6.45, 7) is 4.09. The van der Waals surface area contributed by atoms with E-state index in [-0.39, 0.29) is 29.8 Å². The average Bonchev–Trinajstić information content (AvgIpc) is 3.10. The van der Waals surface area contributed by atoms with Crippen LogP contribution in [0, 0.1) is 30.4 Å². The number of nitrogens with zero attached hydrogens (tertiary/aromatic N) is 3. The number of amides is 2. The van der Waals surface area contributed by atoms with Crippen molar-refractivity contribution in [1.82, 2.24) is 14.7 Å². The highest BCUT2D eigenvalue weighted by molar-refractivity contribution is 5.94. The van der Waals surface area contributed by atoms with E-state index in [9.17, 15) is 18.4 Å². The van der Waals surface area contributed by atoms with Crippen LogP contribution in [0.1, 0.15) is 23.0 Å². The molecule has 0 unspecified atom stereocenters. The summed E-state index contributed by atoms with van der Waals surface area (Å²) in [5.41, 5.74) is 5.60. The molecule has 8 heteroatoms. The highest BCUT2D eigenvalue weighted by Gasteiger charge is 2.37. The molecule has 1 fully saturated rings. The third-order valence-corrected chi connectivity index (χ3v) is 4.53. The van der Waals surface area contributed by atoms with E-state index in [0.29, 0.717) is 12.1 Å². The van der Waals surface area contributed by atoms with Gasteiger partial charge in [-0.05, 0) is 25.0 Å². The molecule has 2 atom stereocenters. The average molecular weight is 348 g/mol. The van der Waals surface area contributed by atoms with Gasteiger partial charge in [0, 0.05) is 24.8 Å². The lowest BCUT2D eigenvalue weighted by atomic mass is 9.98. The van der Waals surface area contributed by atoms with Crippen LogP contribution in [0.3, 0.4) is 0 Å². The van der Waals surface area contributed by atoms with Crippen LogP contribution in [-0.4, -0.2) is 39.6 Å². The van der Waals surface area contributed by atoms with Gasteiger partial charge >= 0.3 is 0 Å². The number of halogens is 2. The molecule has 1 saturated heterocycles. The first kappa shape index (κ1) is 17.1. The van der Waals surface area contributed by atoms with Crippen LogP contribution in [0.5, 0.6) is 0 Å². The second-order valence-electron chi connectivity index (χ2n) is 6.37. The number of aryl methyl sites for hydroxylation is 1. The molecule has 3 rings (SSSR count). The molecule has 25 heavy (non-hydrogen) atoms. The second kappa shape index (κ2) is 6.27. The zero-order valence-electron chi connectivity index (χ0n) is 13.9. The number of carbonyl (C=O) groups excluding carboxylic acids is 2.